The van der Waals surface area contributed by atoms with Gasteiger partial charge in [-0.25, -0.2) is 0 Å². The number of carbonyl (C=O) groups is 3. The third kappa shape index (κ3) is 56.7. The Morgan fingerprint density at radius 2 is 1.38 bits per heavy atom. The van der Waals surface area contributed by atoms with Crippen LogP contribution >= 0.6 is 0 Å². The molecule has 6 nitrogen and oxygen atoms in total. The average Bonchev–Trinajstić information content (AvgIpc) is 2.79. The molecule has 6 heteroatoms. The fourth-order valence-corrected chi connectivity index (χ4v) is 2.06. The maximum absolute atomic E-state index is 10.8. The minimum absolute atomic E-state index is 0.177. The fourth-order valence-electron chi connectivity index (χ4n) is 2.06. The Morgan fingerprint density at radius 1 is 0.938 bits per heavy atom. The molecule has 0 aliphatic rings. The first-order valence-electron chi connectivity index (χ1n) is 12.7. The second-order valence-electron chi connectivity index (χ2n) is 8.10. The van der Waals surface area contributed by atoms with Crippen LogP contribution in [0.2, 0.25) is 0 Å². The Morgan fingerprint density at radius 3 is 1.62 bits per heavy atom. The largest absolute Gasteiger partial charge is 0.372 e. The van der Waals surface area contributed by atoms with Crippen molar-refractivity contribution in [1.82, 2.24) is 10.6 Å². The number of aldehydes is 1. The first-order valence-corrected chi connectivity index (χ1v) is 12.7. The third-order valence-corrected chi connectivity index (χ3v) is 4.48. The summed E-state index contributed by atoms with van der Waals surface area (Å²) >= 11 is 0. The zero-order valence-electron chi connectivity index (χ0n) is 23.3. The van der Waals surface area contributed by atoms with Gasteiger partial charge in [0, 0.05) is 25.9 Å². The van der Waals surface area contributed by atoms with Gasteiger partial charge in [0.05, 0.1) is 0 Å². The van der Waals surface area contributed by atoms with Crippen LogP contribution in [0.3, 0.4) is 0 Å². The van der Waals surface area contributed by atoms with Crippen molar-refractivity contribution in [2.75, 3.05) is 20.1 Å². The lowest BCUT2D eigenvalue weighted by Crippen LogP contribution is -2.26. The minimum atomic E-state index is 0.177. The van der Waals surface area contributed by atoms with Crippen LogP contribution in [-0.4, -0.2) is 38.7 Å². The maximum atomic E-state index is 10.8. The Labute approximate surface area is 201 Å². The van der Waals surface area contributed by atoms with Crippen LogP contribution in [0.4, 0.5) is 0 Å². The molecule has 2 atom stereocenters. The number of primary amides is 1. The van der Waals surface area contributed by atoms with E-state index in [0.717, 1.165) is 37.6 Å². The lowest BCUT2D eigenvalue weighted by Gasteiger charge is -2.10. The molecule has 0 radical (unpaired) electrons. The summed E-state index contributed by atoms with van der Waals surface area (Å²) in [5.74, 6) is 2.62. The third-order valence-electron chi connectivity index (χ3n) is 4.48. The molecule has 0 saturated heterocycles. The summed E-state index contributed by atoms with van der Waals surface area (Å²) < 4.78 is 0. The summed E-state index contributed by atoms with van der Waals surface area (Å²) in [4.78, 5) is 28.9. The van der Waals surface area contributed by atoms with Crippen LogP contribution in [0.5, 0.6) is 0 Å². The van der Waals surface area contributed by atoms with E-state index in [-0.39, 0.29) is 12.3 Å². The van der Waals surface area contributed by atoms with Gasteiger partial charge in [-0.1, -0.05) is 94.4 Å². The van der Waals surface area contributed by atoms with E-state index in [2.05, 4.69) is 57.9 Å². The summed E-state index contributed by atoms with van der Waals surface area (Å²) in [5, 5.41) is 5.68. The Hall–Kier alpha value is -1.43. The van der Waals surface area contributed by atoms with Crippen LogP contribution in [0.25, 0.3) is 0 Å². The molecular weight excluding hydrogens is 402 g/mol. The molecule has 2 unspecified atom stereocenters. The van der Waals surface area contributed by atoms with Crippen molar-refractivity contribution in [2.24, 2.45) is 23.5 Å². The van der Waals surface area contributed by atoms with Crippen molar-refractivity contribution in [2.45, 2.75) is 114 Å². The number of amides is 2. The molecule has 0 aromatic heterocycles. The van der Waals surface area contributed by atoms with E-state index in [1.165, 1.54) is 32.1 Å². The predicted octanol–water partition coefficient (Wildman–Crippen LogP) is 5.73. The molecule has 0 aliphatic heterocycles. The number of nitrogens with one attached hydrogen (secondary N) is 2. The molecule has 2 amide bonds. The van der Waals surface area contributed by atoms with Gasteiger partial charge in [0.1, 0.15) is 6.29 Å². The smallest absolute Gasteiger partial charge is 0.219 e. The normalized spacial score (nSPS) is 10.8. The summed E-state index contributed by atoms with van der Waals surface area (Å²) in [5.41, 5.74) is 4.17. The topological polar surface area (TPSA) is 101 Å². The quantitative estimate of drug-likeness (QED) is 0.241. The molecule has 0 aromatic rings. The van der Waals surface area contributed by atoms with E-state index < -0.39 is 0 Å². The van der Waals surface area contributed by atoms with Gasteiger partial charge in [-0.15, -0.1) is 0 Å². The van der Waals surface area contributed by atoms with Crippen molar-refractivity contribution >= 4 is 18.6 Å². The van der Waals surface area contributed by atoms with Gasteiger partial charge in [0.15, 0.2) is 0 Å². The Kier molecular flexibility index (Phi) is 51.1. The van der Waals surface area contributed by atoms with Crippen LogP contribution in [0.15, 0.2) is 0 Å². The van der Waals surface area contributed by atoms with Crippen molar-refractivity contribution in [1.29, 1.82) is 0 Å². The van der Waals surface area contributed by atoms with Crippen molar-refractivity contribution < 1.29 is 14.4 Å². The highest BCUT2D eigenvalue weighted by atomic mass is 16.1. The second-order valence-corrected chi connectivity index (χ2v) is 8.10. The summed E-state index contributed by atoms with van der Waals surface area (Å²) in [6.07, 6.45) is 10.4. The fraction of sp³-hybridized carbons (Fsp3) is 0.885. The molecule has 0 bridgehead atoms. The first kappa shape index (κ1) is 40.9. The average molecular weight is 462 g/mol. The number of hydrogen-bond acceptors (Lipinski definition) is 4. The highest BCUT2D eigenvalue weighted by Crippen LogP contribution is 2.16. The molecular formula is C26H59N3O3. The van der Waals surface area contributed by atoms with Crippen molar-refractivity contribution in [3.8, 4) is 0 Å². The highest BCUT2D eigenvalue weighted by Gasteiger charge is 2.01. The molecule has 0 spiro atoms. The van der Waals surface area contributed by atoms with E-state index >= 15 is 0 Å². The Balaban J connectivity index is -0.000000106. The van der Waals surface area contributed by atoms with Gasteiger partial charge in [0.25, 0.3) is 0 Å². The van der Waals surface area contributed by atoms with Crippen molar-refractivity contribution in [3.05, 3.63) is 0 Å². The molecule has 0 aliphatic carbocycles. The van der Waals surface area contributed by atoms with Crippen LogP contribution < -0.4 is 16.4 Å². The summed E-state index contributed by atoms with van der Waals surface area (Å²) in [6, 6.07) is 0. The van der Waals surface area contributed by atoms with Crippen LogP contribution in [0.1, 0.15) is 114 Å². The predicted molar refractivity (Wildman–Crippen MR) is 142 cm³/mol. The van der Waals surface area contributed by atoms with E-state index in [1.807, 2.05) is 27.8 Å². The summed E-state index contributed by atoms with van der Waals surface area (Å²) in [7, 11) is 1.82. The van der Waals surface area contributed by atoms with Gasteiger partial charge in [-0.3, -0.25) is 9.59 Å². The van der Waals surface area contributed by atoms with Crippen molar-refractivity contribution in [3.63, 3.8) is 0 Å². The highest BCUT2D eigenvalue weighted by molar-refractivity contribution is 5.75. The molecule has 196 valence electrons. The molecule has 0 aromatic carbocycles. The summed E-state index contributed by atoms with van der Waals surface area (Å²) in [6.45, 7) is 21.1. The number of hydrogen-bond donors (Lipinski definition) is 3. The number of carbonyl (C=O) groups excluding carboxylic acids is 3. The van der Waals surface area contributed by atoms with Gasteiger partial charge in [0.2, 0.25) is 12.3 Å². The second kappa shape index (κ2) is 40.0. The number of nitrogens with two attached hydrogens (primary N) is 1. The van der Waals surface area contributed by atoms with Crippen LogP contribution in [0, 0.1) is 17.8 Å². The van der Waals surface area contributed by atoms with Gasteiger partial charge >= 0.3 is 0 Å². The molecule has 32 heavy (non-hydrogen) atoms. The molecule has 0 saturated carbocycles. The zero-order valence-corrected chi connectivity index (χ0v) is 23.3. The molecule has 0 rings (SSSR count). The standard InChI is InChI=1S/C11H24.C8H17NO.C4H9NO.C2H6.CH3NO/c1-5-10(3)8-7-9-11(4)6-2;1-4-5-8(10)9-6-7(2)3;1-5-3-2-4-6;1-2;2-1-3/h10-11H,5-9H2,1-4H3;7H,4-6H2,1-3H3,(H,9,10);4-5H,2-3H2,1H3;1-2H3;1H,(H2,2,3). The van der Waals surface area contributed by atoms with E-state index in [1.54, 1.807) is 0 Å². The van der Waals surface area contributed by atoms with Gasteiger partial charge in [-0.05, 0) is 31.2 Å². The lowest BCUT2D eigenvalue weighted by molar-refractivity contribution is -0.121. The minimum Gasteiger partial charge on any atom is -0.372 e. The zero-order chi connectivity index (χ0) is 26.2. The number of rotatable bonds is 13. The van der Waals surface area contributed by atoms with E-state index in [0.29, 0.717) is 18.8 Å². The van der Waals surface area contributed by atoms with E-state index in [9.17, 15) is 9.59 Å². The SMILES string of the molecule is CC.CCC(C)CCCC(C)CC.CCCC(=O)NCC(C)C.CNCCC=O.NC=O. The van der Waals surface area contributed by atoms with E-state index in [4.69, 9.17) is 4.79 Å². The maximum Gasteiger partial charge on any atom is 0.219 e. The van der Waals surface area contributed by atoms with Gasteiger partial charge < -0.3 is 21.2 Å². The Bertz CT molecular complexity index is 341. The van der Waals surface area contributed by atoms with Crippen LogP contribution in [-0.2, 0) is 14.4 Å². The molecule has 0 fully saturated rings. The monoisotopic (exact) mass is 461 g/mol. The molecule has 0 heterocycles. The van der Waals surface area contributed by atoms with Gasteiger partial charge in [-0.2, -0.15) is 0 Å². The first-order chi connectivity index (χ1) is 15.2. The molecule has 4 N–H and O–H groups in total. The lowest BCUT2D eigenvalue weighted by atomic mass is 9.96.